The van der Waals surface area contributed by atoms with Crippen LogP contribution in [0.5, 0.6) is 0 Å². The van der Waals surface area contributed by atoms with Gasteiger partial charge in [0.05, 0.1) is 4.88 Å². The molecule has 2 aromatic heterocycles. The first-order chi connectivity index (χ1) is 9.49. The monoisotopic (exact) mass is 295 g/mol. The highest BCUT2D eigenvalue weighted by Crippen LogP contribution is 2.21. The van der Waals surface area contributed by atoms with Crippen molar-refractivity contribution < 1.29 is 9.32 Å². The van der Waals surface area contributed by atoms with E-state index in [9.17, 15) is 9.59 Å². The van der Waals surface area contributed by atoms with Crippen LogP contribution in [0.2, 0.25) is 0 Å². The summed E-state index contributed by atoms with van der Waals surface area (Å²) in [5.41, 5.74) is 0. The molecule has 0 aliphatic rings. The third-order valence-corrected chi connectivity index (χ3v) is 3.98. The van der Waals surface area contributed by atoms with Gasteiger partial charge in [-0.05, 0) is 24.3 Å². The highest BCUT2D eigenvalue weighted by atomic mass is 32.1. The van der Waals surface area contributed by atoms with Crippen LogP contribution in [-0.2, 0) is 11.3 Å². The normalized spacial score (nSPS) is 12.6. The lowest BCUT2D eigenvalue weighted by molar-refractivity contribution is -0.122. The Morgan fingerprint density at radius 2 is 2.25 bits per heavy atom. The molecule has 2 rings (SSSR count). The highest BCUT2D eigenvalue weighted by molar-refractivity contribution is 7.13. The molecule has 2 heterocycles. The molecule has 0 aliphatic carbocycles. The van der Waals surface area contributed by atoms with Gasteiger partial charge < -0.3 is 5.32 Å². The molecule has 1 atom stereocenters. The van der Waals surface area contributed by atoms with E-state index in [1.165, 1.54) is 15.9 Å². The van der Waals surface area contributed by atoms with Gasteiger partial charge in [0.25, 0.3) is 0 Å². The molecule has 0 aromatic carbocycles. The van der Waals surface area contributed by atoms with Gasteiger partial charge in [-0.15, -0.1) is 11.3 Å². The average Bonchev–Trinajstić information content (AvgIpc) is 3.00. The first kappa shape index (κ1) is 14.5. The maximum atomic E-state index is 12.0. The second-order valence-corrected chi connectivity index (χ2v) is 5.88. The van der Waals surface area contributed by atoms with Crippen LogP contribution in [0.25, 0.3) is 10.7 Å². The number of thiophene rings is 1. The summed E-state index contributed by atoms with van der Waals surface area (Å²) in [5, 5.41) is 8.46. The second-order valence-electron chi connectivity index (χ2n) is 4.94. The van der Waals surface area contributed by atoms with Gasteiger partial charge in [-0.1, -0.05) is 25.1 Å². The third kappa shape index (κ3) is 3.16. The molecular weight excluding hydrogens is 278 g/mol. The topological polar surface area (TPSA) is 77.1 Å². The number of aromatic nitrogens is 2. The van der Waals surface area contributed by atoms with Crippen molar-refractivity contribution in [2.24, 2.45) is 5.92 Å². The molecule has 0 saturated heterocycles. The van der Waals surface area contributed by atoms with E-state index in [0.717, 1.165) is 4.88 Å². The lowest BCUT2D eigenvalue weighted by Gasteiger charge is -2.17. The number of rotatable bonds is 5. The molecule has 2 aromatic rings. The van der Waals surface area contributed by atoms with Crippen LogP contribution in [0.15, 0.2) is 26.8 Å². The Balaban J connectivity index is 2.16. The van der Waals surface area contributed by atoms with Crippen molar-refractivity contribution in [3.8, 4) is 10.7 Å². The number of hydrogen-bond donors (Lipinski definition) is 1. The summed E-state index contributed by atoms with van der Waals surface area (Å²) < 4.78 is 5.90. The van der Waals surface area contributed by atoms with E-state index in [0.29, 0.717) is 11.7 Å². The zero-order valence-corrected chi connectivity index (χ0v) is 12.4. The first-order valence-corrected chi connectivity index (χ1v) is 7.26. The molecule has 20 heavy (non-hydrogen) atoms. The Hall–Kier alpha value is -1.89. The van der Waals surface area contributed by atoms with Crippen molar-refractivity contribution in [3.05, 3.63) is 28.1 Å². The van der Waals surface area contributed by atoms with Crippen molar-refractivity contribution in [1.82, 2.24) is 15.0 Å². The van der Waals surface area contributed by atoms with Crippen LogP contribution >= 0.6 is 11.3 Å². The van der Waals surface area contributed by atoms with Gasteiger partial charge in [0.2, 0.25) is 5.91 Å². The minimum Gasteiger partial charge on any atom is -0.352 e. The van der Waals surface area contributed by atoms with Gasteiger partial charge >= 0.3 is 5.76 Å². The Bertz CT molecular complexity index is 628. The summed E-state index contributed by atoms with van der Waals surface area (Å²) in [5.74, 6) is -0.137. The van der Waals surface area contributed by atoms with Crippen LogP contribution < -0.4 is 11.1 Å². The number of nitrogens with zero attached hydrogens (tertiary/aromatic N) is 2. The Labute approximate surface area is 120 Å². The van der Waals surface area contributed by atoms with Crippen LogP contribution in [0.3, 0.4) is 0 Å². The molecule has 0 bridgehead atoms. The smallest absolute Gasteiger partial charge is 0.352 e. The summed E-state index contributed by atoms with van der Waals surface area (Å²) in [4.78, 5) is 24.4. The molecule has 7 heteroatoms. The predicted molar refractivity (Wildman–Crippen MR) is 76.5 cm³/mol. The number of amides is 1. The van der Waals surface area contributed by atoms with Gasteiger partial charge in [-0.2, -0.15) is 0 Å². The van der Waals surface area contributed by atoms with Crippen LogP contribution in [0, 0.1) is 5.92 Å². The summed E-state index contributed by atoms with van der Waals surface area (Å²) >= 11 is 1.44. The van der Waals surface area contributed by atoms with Crippen molar-refractivity contribution >= 4 is 17.2 Å². The van der Waals surface area contributed by atoms with Crippen LogP contribution in [0.1, 0.15) is 20.8 Å². The maximum absolute atomic E-state index is 12.0. The van der Waals surface area contributed by atoms with Crippen LogP contribution in [0.4, 0.5) is 0 Å². The zero-order valence-electron chi connectivity index (χ0n) is 11.6. The van der Waals surface area contributed by atoms with Gasteiger partial charge in [0.1, 0.15) is 6.54 Å². The molecule has 0 saturated carbocycles. The third-order valence-electron chi connectivity index (χ3n) is 3.12. The highest BCUT2D eigenvalue weighted by Gasteiger charge is 2.18. The molecular formula is C13H17N3O3S. The van der Waals surface area contributed by atoms with Crippen molar-refractivity contribution in [2.75, 3.05) is 0 Å². The first-order valence-electron chi connectivity index (χ1n) is 6.38. The van der Waals surface area contributed by atoms with Crippen LogP contribution in [-0.4, -0.2) is 21.7 Å². The van der Waals surface area contributed by atoms with Gasteiger partial charge in [-0.25, -0.2) is 9.36 Å². The molecule has 1 amide bonds. The van der Waals surface area contributed by atoms with Gasteiger partial charge in [-0.3, -0.25) is 9.32 Å². The van der Waals surface area contributed by atoms with E-state index in [1.54, 1.807) is 0 Å². The Morgan fingerprint density at radius 1 is 1.50 bits per heavy atom. The summed E-state index contributed by atoms with van der Waals surface area (Å²) in [7, 11) is 0. The standard InChI is InChI=1S/C13H17N3O3S/c1-8(2)9(3)14-11(17)7-16-12(15-19-13(16)18)10-5-4-6-20-10/h4-6,8-9H,7H2,1-3H3,(H,14,17)/t9-/m0/s1. The Morgan fingerprint density at radius 3 is 2.85 bits per heavy atom. The van der Waals surface area contributed by atoms with Gasteiger partial charge in [0.15, 0.2) is 5.82 Å². The number of carbonyl (C=O) groups excluding carboxylic acids is 1. The number of carbonyl (C=O) groups is 1. The van der Waals surface area contributed by atoms with E-state index < -0.39 is 5.76 Å². The fourth-order valence-electron chi connectivity index (χ4n) is 1.60. The predicted octanol–water partition coefficient (Wildman–Crippen LogP) is 1.73. The number of nitrogens with one attached hydrogen (secondary N) is 1. The minimum absolute atomic E-state index is 0.0447. The molecule has 0 unspecified atom stereocenters. The molecule has 0 aliphatic heterocycles. The quantitative estimate of drug-likeness (QED) is 0.911. The van der Waals surface area contributed by atoms with E-state index in [1.807, 2.05) is 38.3 Å². The fraction of sp³-hybridized carbons (Fsp3) is 0.462. The minimum atomic E-state index is -0.624. The summed E-state index contributed by atoms with van der Waals surface area (Å²) in [6.07, 6.45) is 0. The maximum Gasteiger partial charge on any atom is 0.442 e. The second kappa shape index (κ2) is 6.04. The van der Waals surface area contributed by atoms with E-state index in [4.69, 9.17) is 0 Å². The SMILES string of the molecule is CC(C)[C@H](C)NC(=O)Cn1c(-c2cccs2)noc1=O. The number of hydrogen-bond acceptors (Lipinski definition) is 5. The van der Waals surface area contributed by atoms with Crippen molar-refractivity contribution in [2.45, 2.75) is 33.4 Å². The molecule has 0 fully saturated rings. The summed E-state index contributed by atoms with van der Waals surface area (Å²) in [6, 6.07) is 3.72. The summed E-state index contributed by atoms with van der Waals surface area (Å²) in [6.45, 7) is 5.88. The molecule has 1 N–H and O–H groups in total. The molecule has 0 spiro atoms. The van der Waals surface area contributed by atoms with E-state index in [-0.39, 0.29) is 18.5 Å². The molecule has 108 valence electrons. The van der Waals surface area contributed by atoms with E-state index >= 15 is 0 Å². The molecule has 0 radical (unpaired) electrons. The average molecular weight is 295 g/mol. The fourth-order valence-corrected chi connectivity index (χ4v) is 2.31. The lowest BCUT2D eigenvalue weighted by Crippen LogP contribution is -2.39. The van der Waals surface area contributed by atoms with Gasteiger partial charge in [0, 0.05) is 6.04 Å². The zero-order chi connectivity index (χ0) is 14.7. The van der Waals surface area contributed by atoms with Crippen molar-refractivity contribution in [1.29, 1.82) is 0 Å². The van der Waals surface area contributed by atoms with E-state index in [2.05, 4.69) is 15.0 Å². The molecule has 6 nitrogen and oxygen atoms in total. The largest absolute Gasteiger partial charge is 0.442 e. The van der Waals surface area contributed by atoms with Crippen molar-refractivity contribution in [3.63, 3.8) is 0 Å². The lowest BCUT2D eigenvalue weighted by atomic mass is 10.1. The Kier molecular flexibility index (Phi) is 4.39.